The molecule has 6 nitrogen and oxygen atoms in total. The Morgan fingerprint density at radius 3 is 2.52 bits per heavy atom. The average molecular weight is 398 g/mol. The van der Waals surface area contributed by atoms with Crippen LogP contribution in [0.15, 0.2) is 67.3 Å². The molecule has 1 aromatic carbocycles. The van der Waals surface area contributed by atoms with E-state index in [1.54, 1.807) is 23.7 Å². The zero-order chi connectivity index (χ0) is 19.6. The smallest absolute Gasteiger partial charge is 0.199 e. The van der Waals surface area contributed by atoms with Gasteiger partial charge in [0.05, 0.1) is 5.39 Å². The van der Waals surface area contributed by atoms with Gasteiger partial charge in [-0.15, -0.1) is 11.3 Å². The Labute approximate surface area is 171 Å². The summed E-state index contributed by atoms with van der Waals surface area (Å²) in [4.78, 5) is 23.3. The third-order valence-corrected chi connectivity index (χ3v) is 5.74. The number of benzene rings is 1. The molecule has 0 aliphatic carbocycles. The second kappa shape index (κ2) is 7.44. The van der Waals surface area contributed by atoms with E-state index in [9.17, 15) is 0 Å². The lowest BCUT2D eigenvalue weighted by atomic mass is 10.00. The number of hydrogen-bond acceptors (Lipinski definition) is 6. The van der Waals surface area contributed by atoms with Gasteiger partial charge < -0.3 is 10.3 Å². The van der Waals surface area contributed by atoms with Crippen LogP contribution in [-0.4, -0.2) is 31.5 Å². The van der Waals surface area contributed by atoms with E-state index < -0.39 is 0 Å². The number of anilines is 1. The predicted octanol–water partition coefficient (Wildman–Crippen LogP) is 5.24. The molecule has 4 heterocycles. The number of H-pyrrole nitrogens is 1. The van der Waals surface area contributed by atoms with Gasteiger partial charge in [-0.1, -0.05) is 30.3 Å². The molecular formula is C22H18N6S. The fourth-order valence-corrected chi connectivity index (χ4v) is 4.58. The van der Waals surface area contributed by atoms with Gasteiger partial charge in [-0.3, -0.25) is 4.98 Å². The second-order valence-corrected chi connectivity index (χ2v) is 7.45. The molecule has 5 aromatic rings. The van der Waals surface area contributed by atoms with Crippen molar-refractivity contribution in [3.63, 3.8) is 0 Å². The lowest BCUT2D eigenvalue weighted by Crippen LogP contribution is -2.03. The van der Waals surface area contributed by atoms with E-state index in [1.165, 1.54) is 0 Å². The quantitative estimate of drug-likeness (QED) is 0.423. The van der Waals surface area contributed by atoms with Gasteiger partial charge >= 0.3 is 0 Å². The molecule has 0 atom stereocenters. The summed E-state index contributed by atoms with van der Waals surface area (Å²) >= 11 is 1.66. The maximum atomic E-state index is 4.85. The first-order valence-electron chi connectivity index (χ1n) is 9.39. The van der Waals surface area contributed by atoms with E-state index in [0.29, 0.717) is 11.6 Å². The van der Waals surface area contributed by atoms with Gasteiger partial charge in [0.25, 0.3) is 0 Å². The third kappa shape index (κ3) is 3.15. The van der Waals surface area contributed by atoms with Crippen LogP contribution >= 0.6 is 11.3 Å². The average Bonchev–Trinajstić information content (AvgIpc) is 3.43. The third-order valence-electron chi connectivity index (χ3n) is 4.61. The number of aromatic nitrogens is 5. The fourth-order valence-electron chi connectivity index (χ4n) is 3.38. The van der Waals surface area contributed by atoms with E-state index in [1.807, 2.05) is 30.6 Å². The van der Waals surface area contributed by atoms with Crippen LogP contribution in [0.4, 0.5) is 5.82 Å². The van der Waals surface area contributed by atoms with E-state index >= 15 is 0 Å². The molecule has 0 aliphatic rings. The Morgan fingerprint density at radius 1 is 0.966 bits per heavy atom. The highest BCUT2D eigenvalue weighted by atomic mass is 32.1. The zero-order valence-electron chi connectivity index (χ0n) is 15.8. The number of nitrogens with one attached hydrogen (secondary N) is 2. The summed E-state index contributed by atoms with van der Waals surface area (Å²) in [6.45, 7) is 2.83. The molecule has 0 unspecified atom stereocenters. The number of thiophene rings is 1. The molecule has 29 heavy (non-hydrogen) atoms. The number of fused-ring (bicyclic) bond motifs is 1. The zero-order valence-corrected chi connectivity index (χ0v) is 16.6. The van der Waals surface area contributed by atoms with Gasteiger partial charge in [0.1, 0.15) is 10.6 Å². The second-order valence-electron chi connectivity index (χ2n) is 6.45. The largest absolute Gasteiger partial charge is 0.370 e. The van der Waals surface area contributed by atoms with Gasteiger partial charge in [0.2, 0.25) is 0 Å². The van der Waals surface area contributed by atoms with Crippen LogP contribution in [-0.2, 0) is 0 Å². The van der Waals surface area contributed by atoms with Crippen molar-refractivity contribution in [1.29, 1.82) is 0 Å². The van der Waals surface area contributed by atoms with Crippen LogP contribution < -0.4 is 5.32 Å². The number of imidazole rings is 1. The molecule has 142 valence electrons. The van der Waals surface area contributed by atoms with Crippen molar-refractivity contribution in [3.8, 4) is 33.2 Å². The van der Waals surface area contributed by atoms with E-state index in [0.717, 1.165) is 44.1 Å². The maximum Gasteiger partial charge on any atom is 0.199 e. The molecule has 0 saturated carbocycles. The van der Waals surface area contributed by atoms with Crippen molar-refractivity contribution in [2.24, 2.45) is 0 Å². The first-order chi connectivity index (χ1) is 14.3. The van der Waals surface area contributed by atoms with Crippen LogP contribution in [0.3, 0.4) is 0 Å². The van der Waals surface area contributed by atoms with Gasteiger partial charge in [-0.05, 0) is 30.2 Å². The Balaban J connectivity index is 1.85. The molecule has 2 N–H and O–H groups in total. The highest BCUT2D eigenvalue weighted by molar-refractivity contribution is 7.22. The van der Waals surface area contributed by atoms with Crippen LogP contribution in [0, 0.1) is 0 Å². The summed E-state index contributed by atoms with van der Waals surface area (Å²) in [6.07, 6.45) is 7.13. The highest BCUT2D eigenvalue weighted by Gasteiger charge is 2.22. The maximum absolute atomic E-state index is 4.85. The number of pyridine rings is 1. The molecule has 5 rings (SSSR count). The molecule has 0 amide bonds. The van der Waals surface area contributed by atoms with Gasteiger partial charge in [-0.2, -0.15) is 0 Å². The van der Waals surface area contributed by atoms with Crippen molar-refractivity contribution >= 4 is 27.4 Å². The SMILES string of the molecule is CCNc1nc(-c2ncc[nH]2)nc2sc(-c3ccncc3)c(-c3ccccc3)c12. The van der Waals surface area contributed by atoms with Crippen molar-refractivity contribution in [2.75, 3.05) is 11.9 Å². The van der Waals surface area contributed by atoms with Crippen molar-refractivity contribution in [1.82, 2.24) is 24.9 Å². The number of hydrogen-bond donors (Lipinski definition) is 2. The Morgan fingerprint density at radius 2 is 1.79 bits per heavy atom. The summed E-state index contributed by atoms with van der Waals surface area (Å²) in [7, 11) is 0. The minimum Gasteiger partial charge on any atom is -0.370 e. The van der Waals surface area contributed by atoms with Gasteiger partial charge in [0.15, 0.2) is 11.6 Å². The summed E-state index contributed by atoms with van der Waals surface area (Å²) < 4.78 is 0. The minimum atomic E-state index is 0.584. The molecule has 7 heteroatoms. The van der Waals surface area contributed by atoms with Crippen LogP contribution in [0.25, 0.3) is 43.4 Å². The van der Waals surface area contributed by atoms with Crippen LogP contribution in [0.2, 0.25) is 0 Å². The topological polar surface area (TPSA) is 79.4 Å². The van der Waals surface area contributed by atoms with Crippen molar-refractivity contribution < 1.29 is 0 Å². The molecule has 0 aliphatic heterocycles. The first kappa shape index (κ1) is 17.5. The molecule has 0 saturated heterocycles. The normalized spacial score (nSPS) is 11.1. The molecule has 0 bridgehead atoms. The monoisotopic (exact) mass is 398 g/mol. The van der Waals surface area contributed by atoms with Crippen LogP contribution in [0.5, 0.6) is 0 Å². The highest BCUT2D eigenvalue weighted by Crippen LogP contribution is 2.46. The molecule has 0 fully saturated rings. The predicted molar refractivity (Wildman–Crippen MR) is 118 cm³/mol. The Kier molecular flexibility index (Phi) is 4.50. The number of nitrogens with zero attached hydrogens (tertiary/aromatic N) is 4. The van der Waals surface area contributed by atoms with Crippen molar-refractivity contribution in [3.05, 3.63) is 67.3 Å². The fraction of sp³-hybridized carbons (Fsp3) is 0.0909. The Hall–Kier alpha value is -3.58. The lowest BCUT2D eigenvalue weighted by Gasteiger charge is -2.10. The molecule has 0 radical (unpaired) electrons. The number of aromatic amines is 1. The summed E-state index contributed by atoms with van der Waals surface area (Å²) in [5, 5.41) is 4.46. The van der Waals surface area contributed by atoms with E-state index in [4.69, 9.17) is 9.97 Å². The summed E-state index contributed by atoms with van der Waals surface area (Å²) in [5.74, 6) is 2.06. The van der Waals surface area contributed by atoms with Gasteiger partial charge in [-0.25, -0.2) is 15.0 Å². The summed E-state index contributed by atoms with van der Waals surface area (Å²) in [6, 6.07) is 14.5. The number of rotatable bonds is 5. The lowest BCUT2D eigenvalue weighted by molar-refractivity contribution is 1.12. The minimum absolute atomic E-state index is 0.584. The Bertz CT molecular complexity index is 1250. The standard InChI is InChI=1S/C22H18N6S/c1-2-24-19-17-16(14-6-4-3-5-7-14)18(15-8-10-23-11-9-15)29-22(17)28-21(27-19)20-25-12-13-26-20/h3-13H,2H2,1H3,(H,25,26)(H,24,27,28). The molecule has 4 aromatic heterocycles. The summed E-state index contributed by atoms with van der Waals surface area (Å²) in [5.41, 5.74) is 3.39. The van der Waals surface area contributed by atoms with Gasteiger partial charge in [0, 0.05) is 41.8 Å². The first-order valence-corrected chi connectivity index (χ1v) is 10.2. The van der Waals surface area contributed by atoms with E-state index in [-0.39, 0.29) is 0 Å². The van der Waals surface area contributed by atoms with Crippen molar-refractivity contribution in [2.45, 2.75) is 6.92 Å². The molecule has 0 spiro atoms. The van der Waals surface area contributed by atoms with Crippen LogP contribution in [0.1, 0.15) is 6.92 Å². The molecular weight excluding hydrogens is 380 g/mol. The van der Waals surface area contributed by atoms with E-state index in [2.05, 4.69) is 51.5 Å².